The molecule has 2 atom stereocenters. The van der Waals surface area contributed by atoms with Gasteiger partial charge in [-0.3, -0.25) is 14.9 Å². The summed E-state index contributed by atoms with van der Waals surface area (Å²) < 4.78 is 5.24. The number of nitrogens with two attached hydrogens (primary N) is 1. The number of non-ortho nitro benzene ring substituents is 1. The lowest BCUT2D eigenvalue weighted by molar-refractivity contribution is -0.384. The first-order valence-electron chi connectivity index (χ1n) is 8.84. The van der Waals surface area contributed by atoms with E-state index in [4.69, 9.17) is 10.5 Å². The third-order valence-corrected chi connectivity index (χ3v) is 5.71. The molecule has 1 aromatic carbocycles. The number of hydrogen-bond donors (Lipinski definition) is 2. The number of nitrogens with one attached hydrogen (secondary N) is 1. The fourth-order valence-corrected chi connectivity index (χ4v) is 4.35. The monoisotopic (exact) mass is 383 g/mol. The molecule has 26 heavy (non-hydrogen) atoms. The van der Waals surface area contributed by atoms with Crippen molar-refractivity contribution < 1.29 is 14.5 Å². The van der Waals surface area contributed by atoms with Crippen molar-refractivity contribution in [2.24, 2.45) is 23.5 Å². The molecular formula is C18H26ClN3O4. The summed E-state index contributed by atoms with van der Waals surface area (Å²) in [5.41, 5.74) is 6.88. The molecule has 144 valence electrons. The molecule has 0 saturated heterocycles. The normalized spacial score (nSPS) is 27.2. The molecular weight excluding hydrogens is 358 g/mol. The van der Waals surface area contributed by atoms with Crippen molar-refractivity contribution in [3.63, 3.8) is 0 Å². The third-order valence-electron chi connectivity index (χ3n) is 5.71. The number of nitrogens with zero attached hydrogens (tertiary/aromatic N) is 1. The molecule has 2 fully saturated rings. The molecule has 0 radical (unpaired) electrons. The molecule has 0 spiro atoms. The van der Waals surface area contributed by atoms with E-state index < -0.39 is 4.92 Å². The van der Waals surface area contributed by atoms with Crippen LogP contribution in [0, 0.1) is 27.9 Å². The fraction of sp³-hybridized carbons (Fsp3) is 0.611. The van der Waals surface area contributed by atoms with Crippen LogP contribution < -0.4 is 15.8 Å². The van der Waals surface area contributed by atoms with Crippen molar-refractivity contribution in [3.05, 3.63) is 33.9 Å². The Labute approximate surface area is 159 Å². The average Bonchev–Trinajstić information content (AvgIpc) is 2.59. The zero-order valence-electron chi connectivity index (χ0n) is 14.8. The Morgan fingerprint density at radius 3 is 2.58 bits per heavy atom. The van der Waals surface area contributed by atoms with Gasteiger partial charge in [-0.2, -0.15) is 0 Å². The second kappa shape index (κ2) is 8.68. The molecule has 2 unspecified atom stereocenters. The van der Waals surface area contributed by atoms with Gasteiger partial charge in [-0.05, 0) is 43.6 Å². The van der Waals surface area contributed by atoms with Gasteiger partial charge in [0.25, 0.3) is 5.69 Å². The van der Waals surface area contributed by atoms with Gasteiger partial charge in [0, 0.05) is 36.2 Å². The highest BCUT2D eigenvalue weighted by Gasteiger charge is 2.40. The van der Waals surface area contributed by atoms with E-state index in [1.807, 2.05) is 0 Å². The maximum Gasteiger partial charge on any atom is 0.270 e. The summed E-state index contributed by atoms with van der Waals surface area (Å²) in [4.78, 5) is 23.1. The summed E-state index contributed by atoms with van der Waals surface area (Å²) in [6, 6.07) is 4.64. The average molecular weight is 384 g/mol. The maximum absolute atomic E-state index is 12.6. The van der Waals surface area contributed by atoms with E-state index in [-0.39, 0.29) is 42.5 Å². The number of hydrogen-bond acceptors (Lipinski definition) is 5. The van der Waals surface area contributed by atoms with Gasteiger partial charge < -0.3 is 15.8 Å². The Balaban J connectivity index is 0.00000243. The highest BCUT2D eigenvalue weighted by Crippen LogP contribution is 2.41. The first kappa shape index (κ1) is 20.5. The summed E-state index contributed by atoms with van der Waals surface area (Å²) in [6.07, 6.45) is 5.12. The number of amides is 1. The van der Waals surface area contributed by atoms with Gasteiger partial charge in [0.15, 0.2) is 0 Å². The number of methoxy groups -OCH3 is 1. The molecule has 2 aliphatic carbocycles. The van der Waals surface area contributed by atoms with Crippen molar-refractivity contribution >= 4 is 24.0 Å². The standard InChI is InChI=1S/C18H25N3O4.ClH/c1-25-16-6-5-15(21(23)24)9-14(16)10-20-18(22)13-7-11-3-2-4-12(8-13)17(11)19;/h5-6,9,11-13,17H,2-4,7-8,10,19H2,1H3,(H,20,22);1H. The number of nitro groups is 1. The summed E-state index contributed by atoms with van der Waals surface area (Å²) >= 11 is 0. The van der Waals surface area contributed by atoms with Crippen LogP contribution in [0.1, 0.15) is 37.7 Å². The molecule has 0 aromatic heterocycles. The van der Waals surface area contributed by atoms with Crippen molar-refractivity contribution in [2.75, 3.05) is 7.11 Å². The van der Waals surface area contributed by atoms with Crippen LogP contribution in [0.2, 0.25) is 0 Å². The molecule has 2 saturated carbocycles. The molecule has 2 aliphatic rings. The molecule has 1 aromatic rings. The van der Waals surface area contributed by atoms with Crippen LogP contribution in [0.3, 0.4) is 0 Å². The lowest BCUT2D eigenvalue weighted by atomic mass is 9.65. The second-order valence-corrected chi connectivity index (χ2v) is 7.17. The van der Waals surface area contributed by atoms with Crippen molar-refractivity contribution in [2.45, 2.75) is 44.7 Å². The quantitative estimate of drug-likeness (QED) is 0.600. The Kier molecular flexibility index (Phi) is 6.83. The van der Waals surface area contributed by atoms with Crippen LogP contribution in [-0.4, -0.2) is 24.0 Å². The van der Waals surface area contributed by atoms with Crippen LogP contribution in [0.15, 0.2) is 18.2 Å². The minimum absolute atomic E-state index is 0. The van der Waals surface area contributed by atoms with Gasteiger partial charge >= 0.3 is 0 Å². The topological polar surface area (TPSA) is 107 Å². The van der Waals surface area contributed by atoms with Crippen LogP contribution in [0.5, 0.6) is 5.75 Å². The SMILES string of the molecule is COc1ccc([N+](=O)[O-])cc1CNC(=O)C1CC2CCCC(C1)C2N.Cl. The Morgan fingerprint density at radius 2 is 2.00 bits per heavy atom. The largest absolute Gasteiger partial charge is 0.496 e. The maximum atomic E-state index is 12.6. The molecule has 3 rings (SSSR count). The first-order valence-corrected chi connectivity index (χ1v) is 8.84. The van der Waals surface area contributed by atoms with E-state index in [0.717, 1.165) is 25.7 Å². The zero-order valence-corrected chi connectivity index (χ0v) is 15.7. The molecule has 1 amide bonds. The van der Waals surface area contributed by atoms with E-state index in [1.165, 1.54) is 25.7 Å². The summed E-state index contributed by atoms with van der Waals surface area (Å²) in [5.74, 6) is 1.41. The zero-order chi connectivity index (χ0) is 18.0. The van der Waals surface area contributed by atoms with E-state index in [2.05, 4.69) is 5.32 Å². The Bertz CT molecular complexity index is 656. The van der Waals surface area contributed by atoms with Gasteiger partial charge in [-0.25, -0.2) is 0 Å². The van der Waals surface area contributed by atoms with Gasteiger partial charge in [0.1, 0.15) is 5.75 Å². The van der Waals surface area contributed by atoms with Crippen molar-refractivity contribution in [1.29, 1.82) is 0 Å². The molecule has 0 heterocycles. The van der Waals surface area contributed by atoms with E-state index in [1.54, 1.807) is 6.07 Å². The van der Waals surface area contributed by atoms with Crippen LogP contribution in [0.25, 0.3) is 0 Å². The molecule has 7 nitrogen and oxygen atoms in total. The minimum atomic E-state index is -0.450. The predicted octanol–water partition coefficient (Wildman–Crippen LogP) is 2.80. The van der Waals surface area contributed by atoms with E-state index in [9.17, 15) is 14.9 Å². The second-order valence-electron chi connectivity index (χ2n) is 7.17. The van der Waals surface area contributed by atoms with Crippen LogP contribution in [-0.2, 0) is 11.3 Å². The van der Waals surface area contributed by atoms with Gasteiger partial charge in [-0.1, -0.05) is 6.42 Å². The highest BCUT2D eigenvalue weighted by molar-refractivity contribution is 5.85. The lowest BCUT2D eigenvalue weighted by Gasteiger charge is -2.43. The number of fused-ring (bicyclic) bond motifs is 2. The highest BCUT2D eigenvalue weighted by atomic mass is 35.5. The van der Waals surface area contributed by atoms with Gasteiger partial charge in [0.2, 0.25) is 5.91 Å². The summed E-state index contributed by atoms with van der Waals surface area (Å²) in [6.45, 7) is 0.224. The number of halogens is 1. The van der Waals surface area contributed by atoms with E-state index in [0.29, 0.717) is 23.1 Å². The number of nitro benzene ring substituents is 1. The number of benzene rings is 1. The van der Waals surface area contributed by atoms with E-state index >= 15 is 0 Å². The lowest BCUT2D eigenvalue weighted by Crippen LogP contribution is -2.49. The minimum Gasteiger partial charge on any atom is -0.496 e. The van der Waals surface area contributed by atoms with Crippen molar-refractivity contribution in [1.82, 2.24) is 5.32 Å². The number of carbonyl (C=O) groups excluding carboxylic acids is 1. The summed E-state index contributed by atoms with van der Waals surface area (Å²) in [7, 11) is 1.51. The number of rotatable bonds is 5. The molecule has 0 aliphatic heterocycles. The first-order chi connectivity index (χ1) is 12.0. The van der Waals surface area contributed by atoms with Gasteiger partial charge in [0.05, 0.1) is 12.0 Å². The molecule has 8 heteroatoms. The number of ether oxygens (including phenoxy) is 1. The van der Waals surface area contributed by atoms with Gasteiger partial charge in [-0.15, -0.1) is 12.4 Å². The number of carbonyl (C=O) groups is 1. The molecule has 3 N–H and O–H groups in total. The smallest absolute Gasteiger partial charge is 0.270 e. The fourth-order valence-electron chi connectivity index (χ4n) is 4.35. The van der Waals surface area contributed by atoms with Crippen LogP contribution in [0.4, 0.5) is 5.69 Å². The Morgan fingerprint density at radius 1 is 1.35 bits per heavy atom. The van der Waals surface area contributed by atoms with Crippen molar-refractivity contribution in [3.8, 4) is 5.75 Å². The predicted molar refractivity (Wildman–Crippen MR) is 100 cm³/mol. The van der Waals surface area contributed by atoms with Crippen LogP contribution >= 0.6 is 12.4 Å². The molecule has 2 bridgehead atoms. The Hall–Kier alpha value is -1.86. The third kappa shape index (κ3) is 4.27. The summed E-state index contributed by atoms with van der Waals surface area (Å²) in [5, 5.41) is 13.9.